The van der Waals surface area contributed by atoms with Gasteiger partial charge >= 0.3 is 6.03 Å². The van der Waals surface area contributed by atoms with Crippen molar-refractivity contribution < 1.29 is 9.59 Å². The topological polar surface area (TPSA) is 71.5 Å². The predicted octanol–water partition coefficient (Wildman–Crippen LogP) is 2.29. The van der Waals surface area contributed by atoms with Crippen molar-refractivity contribution in [1.82, 2.24) is 24.9 Å². The lowest BCUT2D eigenvalue weighted by Gasteiger charge is -2.40. The number of hydrogen-bond donors (Lipinski definition) is 1. The summed E-state index contributed by atoms with van der Waals surface area (Å²) in [5, 5.41) is 2.51. The minimum absolute atomic E-state index is 0.255. The van der Waals surface area contributed by atoms with Crippen molar-refractivity contribution in [3.05, 3.63) is 71.3 Å². The minimum Gasteiger partial charge on any atom is -0.340 e. The number of carbonyl (C=O) groups excluding carboxylic acids is 2. The van der Waals surface area contributed by atoms with Gasteiger partial charge in [0.1, 0.15) is 0 Å². The molecule has 2 aromatic rings. The lowest BCUT2D eigenvalue weighted by molar-refractivity contribution is -0.127. The van der Waals surface area contributed by atoms with E-state index in [1.807, 2.05) is 6.07 Å². The van der Waals surface area contributed by atoms with Gasteiger partial charge in [0, 0.05) is 46.3 Å². The van der Waals surface area contributed by atoms with Gasteiger partial charge in [-0.2, -0.15) is 0 Å². The number of imide groups is 1. The molecule has 0 radical (unpaired) electrons. The molecule has 0 aliphatic carbocycles. The summed E-state index contributed by atoms with van der Waals surface area (Å²) < 4.78 is 0. The van der Waals surface area contributed by atoms with Crippen LogP contribution in [0.4, 0.5) is 4.79 Å². The van der Waals surface area contributed by atoms with E-state index in [2.05, 4.69) is 75.5 Å². The molecule has 0 spiro atoms. The van der Waals surface area contributed by atoms with Crippen molar-refractivity contribution in [2.24, 2.45) is 4.99 Å². The maximum Gasteiger partial charge on any atom is 0.325 e. The summed E-state index contributed by atoms with van der Waals surface area (Å²) in [5.74, 6) is 0.593. The Bertz CT molecular complexity index is 1100. The number of urea groups is 1. The number of nitrogens with zero attached hydrogens (tertiary/aromatic N) is 5. The van der Waals surface area contributed by atoms with E-state index in [1.54, 1.807) is 11.9 Å². The van der Waals surface area contributed by atoms with Crippen molar-refractivity contribution in [2.45, 2.75) is 38.5 Å². The van der Waals surface area contributed by atoms with Crippen LogP contribution in [0.3, 0.4) is 0 Å². The number of amides is 3. The van der Waals surface area contributed by atoms with Crippen LogP contribution in [0.1, 0.15) is 23.1 Å². The fraction of sp³-hybridized carbons (Fsp3) is 0.444. The molecular formula is C27H34N6O2. The van der Waals surface area contributed by atoms with Gasteiger partial charge < -0.3 is 14.7 Å². The Balaban J connectivity index is 1.28. The fourth-order valence-electron chi connectivity index (χ4n) is 5.25. The average molecular weight is 475 g/mol. The second-order valence-electron chi connectivity index (χ2n) is 9.67. The van der Waals surface area contributed by atoms with Crippen LogP contribution in [-0.2, 0) is 17.8 Å². The van der Waals surface area contributed by atoms with Crippen molar-refractivity contribution in [1.29, 1.82) is 0 Å². The van der Waals surface area contributed by atoms with E-state index in [0.717, 1.165) is 51.5 Å². The molecular weight excluding hydrogens is 440 g/mol. The Labute approximate surface area is 207 Å². The molecule has 1 N–H and O–H groups in total. The minimum atomic E-state index is -0.479. The molecule has 35 heavy (non-hydrogen) atoms. The highest BCUT2D eigenvalue weighted by atomic mass is 16.2. The summed E-state index contributed by atoms with van der Waals surface area (Å²) in [5.41, 5.74) is 3.97. The first kappa shape index (κ1) is 23.4. The first-order valence-corrected chi connectivity index (χ1v) is 12.5. The van der Waals surface area contributed by atoms with E-state index in [1.165, 1.54) is 16.7 Å². The van der Waals surface area contributed by atoms with Crippen LogP contribution in [0.15, 0.2) is 59.6 Å². The van der Waals surface area contributed by atoms with Gasteiger partial charge in [0.05, 0.1) is 0 Å². The molecule has 0 aromatic heterocycles. The number of benzene rings is 2. The summed E-state index contributed by atoms with van der Waals surface area (Å²) in [4.78, 5) is 38.5. The molecule has 5 rings (SSSR count). The molecule has 8 heteroatoms. The maximum atomic E-state index is 12.9. The highest BCUT2D eigenvalue weighted by Crippen LogP contribution is 2.27. The Hall–Kier alpha value is -3.39. The molecule has 8 nitrogen and oxygen atoms in total. The van der Waals surface area contributed by atoms with E-state index in [4.69, 9.17) is 4.99 Å². The second-order valence-corrected chi connectivity index (χ2v) is 9.67. The first-order chi connectivity index (χ1) is 17.0. The number of aryl methyl sites for hydroxylation is 2. The third-order valence-electron chi connectivity index (χ3n) is 7.36. The van der Waals surface area contributed by atoms with Crippen molar-refractivity contribution in [3.63, 3.8) is 0 Å². The number of hydrogen-bond acceptors (Lipinski definition) is 6. The van der Waals surface area contributed by atoms with E-state index in [-0.39, 0.29) is 11.9 Å². The summed E-state index contributed by atoms with van der Waals surface area (Å²) in [6.45, 7) is 7.38. The summed E-state index contributed by atoms with van der Waals surface area (Å²) in [6.07, 6.45) is 1.36. The molecule has 2 atom stereocenters. The number of carbonyl (C=O) groups is 2. The summed E-state index contributed by atoms with van der Waals surface area (Å²) in [7, 11) is 1.72. The van der Waals surface area contributed by atoms with Crippen LogP contribution >= 0.6 is 0 Å². The molecule has 2 fully saturated rings. The number of piperazine rings is 1. The number of guanidine groups is 1. The number of rotatable bonds is 6. The zero-order valence-electron chi connectivity index (χ0n) is 20.6. The van der Waals surface area contributed by atoms with Crippen molar-refractivity contribution >= 4 is 17.9 Å². The zero-order valence-corrected chi connectivity index (χ0v) is 20.6. The Morgan fingerprint density at radius 2 is 1.69 bits per heavy atom. The molecule has 184 valence electrons. The third-order valence-corrected chi connectivity index (χ3v) is 7.36. The first-order valence-electron chi connectivity index (χ1n) is 12.5. The number of nitrogens with one attached hydrogen (secondary N) is 1. The normalized spacial score (nSPS) is 22.8. The van der Waals surface area contributed by atoms with E-state index >= 15 is 0 Å². The smallest absolute Gasteiger partial charge is 0.325 e. The van der Waals surface area contributed by atoms with Crippen LogP contribution in [0, 0.1) is 6.92 Å². The Morgan fingerprint density at radius 1 is 0.971 bits per heavy atom. The van der Waals surface area contributed by atoms with Gasteiger partial charge in [-0.15, -0.1) is 0 Å². The Morgan fingerprint density at radius 3 is 2.43 bits per heavy atom. The molecule has 0 saturated carbocycles. The van der Waals surface area contributed by atoms with Gasteiger partial charge in [0.15, 0.2) is 18.2 Å². The quantitative estimate of drug-likeness (QED) is 0.696. The predicted molar refractivity (Wildman–Crippen MR) is 136 cm³/mol. The number of aliphatic imine (C=N–C) groups is 1. The SMILES string of the molecule is Cc1ccccc1CN1CCN(C2=NC3C(C(=O)NC(=O)N3C)N2CCCc2ccccc2)CC1. The average Bonchev–Trinajstić information content (AvgIpc) is 3.25. The van der Waals surface area contributed by atoms with Crippen molar-refractivity contribution in [3.8, 4) is 0 Å². The van der Waals surface area contributed by atoms with Gasteiger partial charge in [-0.05, 0) is 36.5 Å². The summed E-state index contributed by atoms with van der Waals surface area (Å²) in [6, 6.07) is 18.1. The Kier molecular flexibility index (Phi) is 6.72. The zero-order chi connectivity index (χ0) is 24.4. The van der Waals surface area contributed by atoms with Crippen molar-refractivity contribution in [2.75, 3.05) is 39.8 Å². The lowest BCUT2D eigenvalue weighted by Crippen LogP contribution is -2.64. The third kappa shape index (κ3) is 4.89. The van der Waals surface area contributed by atoms with Gasteiger partial charge in [-0.25, -0.2) is 9.79 Å². The van der Waals surface area contributed by atoms with Crippen LogP contribution < -0.4 is 5.32 Å². The highest BCUT2D eigenvalue weighted by Gasteiger charge is 2.49. The second kappa shape index (κ2) is 10.1. The molecule has 3 aliphatic heterocycles. The van der Waals surface area contributed by atoms with Crippen LogP contribution in [0.25, 0.3) is 0 Å². The molecule has 3 aliphatic rings. The van der Waals surface area contributed by atoms with E-state index < -0.39 is 12.2 Å². The largest absolute Gasteiger partial charge is 0.340 e. The summed E-state index contributed by atoms with van der Waals surface area (Å²) >= 11 is 0. The standard InChI is InChI=1S/C27H34N6O2/c1-20-9-6-7-13-22(20)19-31-15-17-32(18-16-31)26-28-24-23(25(34)29-27(35)30(24)2)33(26)14-8-12-21-10-4-3-5-11-21/h3-7,9-11,13,23-24H,8,12,14-19H2,1-2H3,(H,29,34,35). The molecule has 0 bridgehead atoms. The van der Waals surface area contributed by atoms with E-state index in [9.17, 15) is 9.59 Å². The van der Waals surface area contributed by atoms with Gasteiger partial charge in [-0.1, -0.05) is 54.6 Å². The molecule has 3 amide bonds. The monoisotopic (exact) mass is 474 g/mol. The van der Waals surface area contributed by atoms with Crippen LogP contribution in [-0.4, -0.2) is 89.5 Å². The molecule has 2 saturated heterocycles. The molecule has 3 heterocycles. The van der Waals surface area contributed by atoms with Gasteiger partial charge in [0.25, 0.3) is 5.91 Å². The fourth-order valence-corrected chi connectivity index (χ4v) is 5.25. The molecule has 2 aromatic carbocycles. The van der Waals surface area contributed by atoms with Crippen LogP contribution in [0.2, 0.25) is 0 Å². The number of likely N-dealkylation sites (N-methyl/N-ethyl adjacent to an activating group) is 1. The lowest BCUT2D eigenvalue weighted by atomic mass is 10.1. The maximum absolute atomic E-state index is 12.9. The van der Waals surface area contributed by atoms with Gasteiger partial charge in [-0.3, -0.25) is 15.0 Å². The van der Waals surface area contributed by atoms with Crippen LogP contribution in [0.5, 0.6) is 0 Å². The highest BCUT2D eigenvalue weighted by molar-refractivity contribution is 6.03. The number of fused-ring (bicyclic) bond motifs is 1. The molecule has 2 unspecified atom stereocenters. The van der Waals surface area contributed by atoms with Gasteiger partial charge in [0.2, 0.25) is 0 Å². The van der Waals surface area contributed by atoms with E-state index in [0.29, 0.717) is 6.54 Å².